The van der Waals surface area contributed by atoms with Crippen LogP contribution in [0.5, 0.6) is 11.5 Å². The van der Waals surface area contributed by atoms with Gasteiger partial charge in [0.25, 0.3) is 0 Å². The second-order valence-electron chi connectivity index (χ2n) is 19.3. The second-order valence-corrected chi connectivity index (χ2v) is 19.3. The molecule has 3 aliphatic heterocycles. The van der Waals surface area contributed by atoms with E-state index in [2.05, 4.69) is 0 Å². The lowest BCUT2D eigenvalue weighted by molar-refractivity contribution is -0.318. The summed E-state index contributed by atoms with van der Waals surface area (Å²) in [4.78, 5) is 39.8. The highest BCUT2D eigenvalue weighted by Gasteiger charge is 2.52. The number of methoxy groups -OCH3 is 1. The molecule has 4 rings (SSSR count). The summed E-state index contributed by atoms with van der Waals surface area (Å²) in [6, 6.07) is 2.38. The fourth-order valence-corrected chi connectivity index (χ4v) is 8.68. The van der Waals surface area contributed by atoms with Crippen molar-refractivity contribution in [3.8, 4) is 11.5 Å². The topological polar surface area (TPSA) is 226 Å². The molecule has 13 unspecified atom stereocenters. The predicted octanol–water partition coefficient (Wildman–Crippen LogP) is 7.23. The van der Waals surface area contributed by atoms with E-state index in [1.54, 1.807) is 60.6 Å². The number of hydrogen-bond donors (Lipinski definition) is 5. The minimum absolute atomic E-state index is 0.121. The molecule has 13 atom stereocenters. The number of rotatable bonds is 13. The first-order chi connectivity index (χ1) is 32.5. The molecular formula is C53H78O16. The van der Waals surface area contributed by atoms with Crippen molar-refractivity contribution in [2.24, 2.45) is 17.8 Å². The van der Waals surface area contributed by atoms with Gasteiger partial charge in [0, 0.05) is 31.4 Å². The van der Waals surface area contributed by atoms with Gasteiger partial charge in [0.1, 0.15) is 47.1 Å². The van der Waals surface area contributed by atoms with Crippen LogP contribution in [0, 0.1) is 17.8 Å². The van der Waals surface area contributed by atoms with E-state index >= 15 is 0 Å². The number of phenolic OH excluding ortho intramolecular Hbond substituents is 2. The lowest BCUT2D eigenvalue weighted by Crippen LogP contribution is -2.61. The van der Waals surface area contributed by atoms with Gasteiger partial charge in [-0.15, -0.1) is 0 Å². The molecule has 2 fully saturated rings. The molecule has 0 bridgehead atoms. The Morgan fingerprint density at radius 3 is 2.23 bits per heavy atom. The summed E-state index contributed by atoms with van der Waals surface area (Å²) < 4.78 is 48.5. The Bertz CT molecular complexity index is 2070. The molecule has 5 N–H and O–H groups in total. The van der Waals surface area contributed by atoms with Gasteiger partial charge >= 0.3 is 17.9 Å². The van der Waals surface area contributed by atoms with E-state index in [1.807, 2.05) is 52.8 Å². The van der Waals surface area contributed by atoms with Crippen molar-refractivity contribution in [3.63, 3.8) is 0 Å². The van der Waals surface area contributed by atoms with Crippen molar-refractivity contribution >= 4 is 17.9 Å². The number of carbonyl (C=O) groups excluding carboxylic acids is 3. The zero-order valence-electron chi connectivity index (χ0n) is 42.7. The van der Waals surface area contributed by atoms with Gasteiger partial charge in [-0.3, -0.25) is 4.79 Å². The third kappa shape index (κ3) is 14.8. The molecule has 0 radical (unpaired) electrons. The monoisotopic (exact) mass is 971 g/mol. The van der Waals surface area contributed by atoms with Gasteiger partial charge in [-0.05, 0) is 96.1 Å². The van der Waals surface area contributed by atoms with Crippen LogP contribution in [-0.2, 0) is 53.9 Å². The third-order valence-electron chi connectivity index (χ3n) is 13.1. The maximum absolute atomic E-state index is 13.9. The Hall–Kier alpha value is -4.39. The Morgan fingerprint density at radius 2 is 1.61 bits per heavy atom. The number of carbonyl (C=O) groups is 3. The molecule has 0 aromatic heterocycles. The van der Waals surface area contributed by atoms with E-state index in [9.17, 15) is 39.9 Å². The maximum Gasteiger partial charge on any atom is 0.342 e. The van der Waals surface area contributed by atoms with Crippen molar-refractivity contribution < 1.29 is 77.8 Å². The summed E-state index contributed by atoms with van der Waals surface area (Å²) in [7, 11) is 1.33. The number of benzene rings is 1. The predicted molar refractivity (Wildman–Crippen MR) is 257 cm³/mol. The van der Waals surface area contributed by atoms with Crippen molar-refractivity contribution in [1.29, 1.82) is 0 Å². The molecule has 16 nitrogen and oxygen atoms in total. The number of ether oxygens (including phenoxy) is 8. The van der Waals surface area contributed by atoms with Gasteiger partial charge in [0.15, 0.2) is 24.8 Å². The van der Waals surface area contributed by atoms with Crippen molar-refractivity contribution in [2.45, 2.75) is 188 Å². The first-order valence-electron chi connectivity index (χ1n) is 24.2. The molecule has 16 heteroatoms. The van der Waals surface area contributed by atoms with Crippen molar-refractivity contribution in [2.75, 3.05) is 13.7 Å². The van der Waals surface area contributed by atoms with Crippen LogP contribution >= 0.6 is 0 Å². The van der Waals surface area contributed by atoms with Crippen LogP contribution in [0.2, 0.25) is 0 Å². The van der Waals surface area contributed by atoms with Crippen LogP contribution in [0.3, 0.4) is 0 Å². The summed E-state index contributed by atoms with van der Waals surface area (Å²) in [5.41, 5.74) is 1.69. The molecule has 386 valence electrons. The number of aliphatic hydroxyl groups is 3. The number of aryl methyl sites for hydroxylation is 1. The molecular weight excluding hydrogens is 893 g/mol. The highest BCUT2D eigenvalue weighted by molar-refractivity contribution is 5.94. The third-order valence-corrected chi connectivity index (χ3v) is 13.1. The Balaban J connectivity index is 1.57. The lowest BCUT2D eigenvalue weighted by atomic mass is 9.84. The Morgan fingerprint density at radius 1 is 0.913 bits per heavy atom. The largest absolute Gasteiger partial charge is 0.508 e. The first-order valence-corrected chi connectivity index (χ1v) is 24.2. The van der Waals surface area contributed by atoms with Gasteiger partial charge in [-0.25, -0.2) is 9.59 Å². The lowest BCUT2D eigenvalue weighted by Gasteiger charge is -2.48. The molecule has 2 saturated heterocycles. The summed E-state index contributed by atoms with van der Waals surface area (Å²) >= 11 is 0. The molecule has 3 aliphatic rings. The highest BCUT2D eigenvalue weighted by atomic mass is 16.7. The van der Waals surface area contributed by atoms with E-state index in [4.69, 9.17) is 37.9 Å². The second kappa shape index (κ2) is 25.6. The average molecular weight is 971 g/mol. The van der Waals surface area contributed by atoms with Gasteiger partial charge in [0.2, 0.25) is 0 Å². The van der Waals surface area contributed by atoms with Crippen LogP contribution in [0.1, 0.15) is 125 Å². The number of phenols is 2. The quantitative estimate of drug-likeness (QED) is 0.0746. The van der Waals surface area contributed by atoms with Gasteiger partial charge in [0.05, 0.1) is 36.4 Å². The fraction of sp³-hybridized carbons (Fsp3) is 0.642. The first kappa shape index (κ1) is 57.2. The summed E-state index contributed by atoms with van der Waals surface area (Å²) in [5.74, 6) is -3.87. The van der Waals surface area contributed by atoms with E-state index in [-0.39, 0.29) is 41.7 Å². The molecule has 3 heterocycles. The van der Waals surface area contributed by atoms with Crippen molar-refractivity contribution in [1.82, 2.24) is 0 Å². The van der Waals surface area contributed by atoms with Crippen molar-refractivity contribution in [3.05, 3.63) is 82.0 Å². The van der Waals surface area contributed by atoms with Crippen LogP contribution in [-0.4, -0.2) is 130 Å². The van der Waals surface area contributed by atoms with E-state index in [1.165, 1.54) is 19.3 Å². The van der Waals surface area contributed by atoms with E-state index in [0.29, 0.717) is 36.8 Å². The molecule has 0 saturated carbocycles. The van der Waals surface area contributed by atoms with Crippen LogP contribution < -0.4 is 0 Å². The zero-order chi connectivity index (χ0) is 51.5. The summed E-state index contributed by atoms with van der Waals surface area (Å²) in [6.07, 6.45) is 2.06. The number of cyclic esters (lactones) is 1. The Kier molecular flexibility index (Phi) is 21.3. The normalized spacial score (nSPS) is 35.3. The van der Waals surface area contributed by atoms with Gasteiger partial charge in [-0.2, -0.15) is 0 Å². The minimum Gasteiger partial charge on any atom is -0.508 e. The number of aliphatic hydroxyl groups excluding tert-OH is 3. The molecule has 0 spiro atoms. The maximum atomic E-state index is 13.9. The van der Waals surface area contributed by atoms with Gasteiger partial charge < -0.3 is 63.4 Å². The molecule has 1 aromatic rings. The Labute approximate surface area is 407 Å². The number of allylic oxidation sites excluding steroid dienone is 4. The number of esters is 3. The summed E-state index contributed by atoms with van der Waals surface area (Å²) in [6.45, 7) is 21.5. The van der Waals surface area contributed by atoms with E-state index in [0.717, 1.165) is 17.2 Å². The van der Waals surface area contributed by atoms with Crippen LogP contribution in [0.4, 0.5) is 0 Å². The number of aromatic hydroxyl groups is 2. The fourth-order valence-electron chi connectivity index (χ4n) is 8.68. The zero-order valence-corrected chi connectivity index (χ0v) is 42.7. The van der Waals surface area contributed by atoms with Crippen LogP contribution in [0.15, 0.2) is 70.9 Å². The van der Waals surface area contributed by atoms with Gasteiger partial charge in [-0.1, -0.05) is 77.5 Å². The average Bonchev–Trinajstić information content (AvgIpc) is 3.28. The SMILES string of the molecule is CCc1cc(O)cc(O)c1C(=O)OC1C(C)OC(OC/C2=C\C=C\CC(O)/C(C)=C/C(CC)C(OC3OC(C)(C)C(OC(=O)C(C)C)C(O)C3C)/C(C)=C/C(C)=C/CC(CC)OC2=O)C(OC)C1O. The molecule has 0 amide bonds. The van der Waals surface area contributed by atoms with E-state index < -0.39 is 103 Å². The number of hydrogen-bond acceptors (Lipinski definition) is 16. The smallest absolute Gasteiger partial charge is 0.342 e. The highest BCUT2D eigenvalue weighted by Crippen LogP contribution is 2.39. The summed E-state index contributed by atoms with van der Waals surface area (Å²) in [5, 5.41) is 54.8. The van der Waals surface area contributed by atoms with Crippen LogP contribution in [0.25, 0.3) is 0 Å². The molecule has 0 aliphatic carbocycles. The standard InChI is InChI=1S/C53H78O16/c1-14-34-25-37(54)26-40(56)41(34)50(61)66-45-33(10)64-52(46(62-13)43(45)58)63-27-36-19-17-18-20-39(55)30(7)24-35(15-2)44(31(8)23-29(6)21-22-38(16-3)65-49(36)60)67-51-32(9)42(57)47(53(11,12)69-51)68-48(59)28(4)5/h17-19,21,23-26,28,32-33,35,38-39,42-47,51-52,54-58H,14-16,20,22,27H2,1-13H3/b18-17+,29-21+,30-24+,31-23+,36-19+. The molecule has 69 heavy (non-hydrogen) atoms. The molecule has 1 aromatic carbocycles. The minimum atomic E-state index is -1.45.